The first-order valence-electron chi connectivity index (χ1n) is 4.35. The zero-order valence-corrected chi connectivity index (χ0v) is 7.79. The lowest BCUT2D eigenvalue weighted by Gasteiger charge is -2.05. The summed E-state index contributed by atoms with van der Waals surface area (Å²) in [6.45, 7) is 0. The Kier molecular flexibility index (Phi) is 2.41. The van der Waals surface area contributed by atoms with Gasteiger partial charge in [0.25, 0.3) is 0 Å². The molecule has 2 N–H and O–H groups in total. The van der Waals surface area contributed by atoms with Crippen molar-refractivity contribution < 1.29 is 14.9 Å². The first-order valence-corrected chi connectivity index (χ1v) is 4.35. The molecule has 0 saturated heterocycles. The van der Waals surface area contributed by atoms with Crippen molar-refractivity contribution in [2.24, 2.45) is 0 Å². The number of hydrogen-bond donors (Lipinski definition) is 2. The number of benzene rings is 1. The normalized spacial score (nSPS) is 9.87. The number of nitrogens with zero attached hydrogens (tertiary/aromatic N) is 1. The molecule has 76 valence electrons. The molecule has 4 heteroatoms. The van der Waals surface area contributed by atoms with Gasteiger partial charge in [-0.2, -0.15) is 0 Å². The van der Waals surface area contributed by atoms with Crippen LogP contribution in [0.25, 0.3) is 0 Å². The molecule has 0 aliphatic carbocycles. The Labute approximate surface area is 86.4 Å². The van der Waals surface area contributed by atoms with Crippen LogP contribution in [-0.2, 0) is 0 Å². The molecule has 1 aromatic heterocycles. The molecule has 0 unspecified atom stereocenters. The van der Waals surface area contributed by atoms with Gasteiger partial charge in [0.2, 0.25) is 0 Å². The van der Waals surface area contributed by atoms with Crippen molar-refractivity contribution in [2.45, 2.75) is 0 Å². The summed E-state index contributed by atoms with van der Waals surface area (Å²) in [4.78, 5) is 3.85. The van der Waals surface area contributed by atoms with Crippen LogP contribution in [0.4, 0.5) is 0 Å². The van der Waals surface area contributed by atoms with E-state index in [4.69, 9.17) is 9.84 Å². The summed E-state index contributed by atoms with van der Waals surface area (Å²) in [5, 5.41) is 18.3. The highest BCUT2D eigenvalue weighted by Gasteiger charge is 2.02. The van der Waals surface area contributed by atoms with E-state index in [1.807, 2.05) is 0 Å². The van der Waals surface area contributed by atoms with E-state index in [0.717, 1.165) is 0 Å². The van der Waals surface area contributed by atoms with Crippen molar-refractivity contribution in [1.29, 1.82) is 0 Å². The third-order valence-electron chi connectivity index (χ3n) is 1.83. The summed E-state index contributed by atoms with van der Waals surface area (Å²) in [5.74, 6) is 0.699. The highest BCUT2D eigenvalue weighted by Crippen LogP contribution is 2.30. The summed E-state index contributed by atoms with van der Waals surface area (Å²) < 4.78 is 5.40. The molecule has 0 aliphatic rings. The maximum atomic E-state index is 9.24. The summed E-state index contributed by atoms with van der Waals surface area (Å²) in [6, 6.07) is 7.67. The second-order valence-corrected chi connectivity index (χ2v) is 2.94. The number of pyridine rings is 1. The quantitative estimate of drug-likeness (QED) is 0.735. The van der Waals surface area contributed by atoms with Crippen molar-refractivity contribution in [1.82, 2.24) is 4.98 Å². The van der Waals surface area contributed by atoms with Gasteiger partial charge in [-0.1, -0.05) is 0 Å². The number of aromatic hydroxyl groups is 2. The summed E-state index contributed by atoms with van der Waals surface area (Å²) >= 11 is 0. The fourth-order valence-electron chi connectivity index (χ4n) is 1.11. The van der Waals surface area contributed by atoms with E-state index in [1.165, 1.54) is 12.1 Å². The van der Waals surface area contributed by atoms with Gasteiger partial charge in [0, 0.05) is 18.5 Å². The Balaban J connectivity index is 2.22. The molecular formula is C11H9NO3. The molecule has 15 heavy (non-hydrogen) atoms. The van der Waals surface area contributed by atoms with E-state index in [1.54, 1.807) is 30.6 Å². The Hall–Kier alpha value is -2.23. The number of hydrogen-bond acceptors (Lipinski definition) is 4. The fourth-order valence-corrected chi connectivity index (χ4v) is 1.11. The molecule has 1 heterocycles. The predicted octanol–water partition coefficient (Wildman–Crippen LogP) is 2.29. The fraction of sp³-hybridized carbons (Fsp3) is 0. The lowest BCUT2D eigenvalue weighted by atomic mass is 10.3. The maximum absolute atomic E-state index is 9.24. The molecule has 2 aromatic rings. The summed E-state index contributed by atoms with van der Waals surface area (Å²) in [6.07, 6.45) is 3.21. The third kappa shape index (κ3) is 2.17. The molecule has 2 rings (SSSR count). The van der Waals surface area contributed by atoms with Crippen molar-refractivity contribution >= 4 is 0 Å². The van der Waals surface area contributed by atoms with Gasteiger partial charge < -0.3 is 14.9 Å². The second-order valence-electron chi connectivity index (χ2n) is 2.94. The van der Waals surface area contributed by atoms with Crippen LogP contribution >= 0.6 is 0 Å². The molecule has 0 saturated carbocycles. The Morgan fingerprint density at radius 1 is 0.867 bits per heavy atom. The largest absolute Gasteiger partial charge is 0.504 e. The Bertz CT molecular complexity index is 457. The Morgan fingerprint density at radius 2 is 1.60 bits per heavy atom. The molecule has 0 aliphatic heterocycles. The third-order valence-corrected chi connectivity index (χ3v) is 1.83. The smallest absolute Gasteiger partial charge is 0.161 e. The molecule has 0 bridgehead atoms. The van der Waals surface area contributed by atoms with E-state index < -0.39 is 0 Å². The lowest BCUT2D eigenvalue weighted by molar-refractivity contribution is 0.398. The van der Waals surface area contributed by atoms with E-state index in [-0.39, 0.29) is 11.5 Å². The van der Waals surface area contributed by atoms with Crippen LogP contribution in [0, 0.1) is 0 Å². The molecule has 0 fully saturated rings. The topological polar surface area (TPSA) is 62.6 Å². The van der Waals surface area contributed by atoms with Crippen LogP contribution in [0.1, 0.15) is 0 Å². The van der Waals surface area contributed by atoms with Crippen molar-refractivity contribution in [2.75, 3.05) is 0 Å². The number of rotatable bonds is 2. The van der Waals surface area contributed by atoms with E-state index >= 15 is 0 Å². The van der Waals surface area contributed by atoms with Gasteiger partial charge in [0.05, 0.1) is 0 Å². The summed E-state index contributed by atoms with van der Waals surface area (Å²) in [7, 11) is 0. The van der Waals surface area contributed by atoms with E-state index in [2.05, 4.69) is 4.98 Å². The van der Waals surface area contributed by atoms with Crippen LogP contribution in [0.2, 0.25) is 0 Å². The van der Waals surface area contributed by atoms with Gasteiger partial charge in [-0.15, -0.1) is 0 Å². The number of phenolic OH excluding ortho intramolecular Hbond substituents is 2. The van der Waals surface area contributed by atoms with Crippen LogP contribution in [-0.4, -0.2) is 15.2 Å². The van der Waals surface area contributed by atoms with Crippen molar-refractivity contribution in [3.05, 3.63) is 42.7 Å². The highest BCUT2D eigenvalue weighted by molar-refractivity contribution is 5.44. The Morgan fingerprint density at radius 3 is 2.27 bits per heavy atom. The van der Waals surface area contributed by atoms with Crippen molar-refractivity contribution in [3.8, 4) is 23.0 Å². The average molecular weight is 203 g/mol. The standard InChI is InChI=1S/C11H9NO3/c13-10-2-1-9(7-11(10)14)15-8-3-5-12-6-4-8/h1-7,13-14H. The zero-order valence-electron chi connectivity index (χ0n) is 7.79. The van der Waals surface area contributed by atoms with Gasteiger partial charge in [-0.3, -0.25) is 4.98 Å². The predicted molar refractivity (Wildman–Crippen MR) is 54.1 cm³/mol. The minimum absolute atomic E-state index is 0.169. The molecule has 0 atom stereocenters. The number of aromatic nitrogens is 1. The molecule has 1 aromatic carbocycles. The molecular weight excluding hydrogens is 194 g/mol. The monoisotopic (exact) mass is 203 g/mol. The van der Waals surface area contributed by atoms with Crippen LogP contribution in [0.15, 0.2) is 42.7 Å². The summed E-state index contributed by atoms with van der Waals surface area (Å²) in [5.41, 5.74) is 0. The molecule has 0 amide bonds. The van der Waals surface area contributed by atoms with Gasteiger partial charge in [0.1, 0.15) is 11.5 Å². The van der Waals surface area contributed by atoms with Gasteiger partial charge in [-0.25, -0.2) is 0 Å². The van der Waals surface area contributed by atoms with Crippen LogP contribution in [0.5, 0.6) is 23.0 Å². The van der Waals surface area contributed by atoms with E-state index in [0.29, 0.717) is 11.5 Å². The lowest BCUT2D eigenvalue weighted by Crippen LogP contribution is -1.83. The minimum atomic E-state index is -0.207. The first kappa shape index (κ1) is 9.33. The number of ether oxygens (including phenoxy) is 1. The van der Waals surface area contributed by atoms with E-state index in [9.17, 15) is 5.11 Å². The van der Waals surface area contributed by atoms with Crippen molar-refractivity contribution in [3.63, 3.8) is 0 Å². The molecule has 0 spiro atoms. The van der Waals surface area contributed by atoms with Gasteiger partial charge >= 0.3 is 0 Å². The maximum Gasteiger partial charge on any atom is 0.161 e. The second kappa shape index (κ2) is 3.88. The average Bonchev–Trinajstić information content (AvgIpc) is 2.25. The minimum Gasteiger partial charge on any atom is -0.504 e. The van der Waals surface area contributed by atoms with Crippen LogP contribution < -0.4 is 4.74 Å². The number of phenols is 2. The zero-order chi connectivity index (χ0) is 10.7. The SMILES string of the molecule is Oc1ccc(Oc2ccncc2)cc1O. The highest BCUT2D eigenvalue weighted by atomic mass is 16.5. The molecule has 0 radical (unpaired) electrons. The molecule has 4 nitrogen and oxygen atoms in total. The van der Waals surface area contributed by atoms with Crippen LogP contribution in [0.3, 0.4) is 0 Å². The first-order chi connectivity index (χ1) is 7.25. The van der Waals surface area contributed by atoms with Gasteiger partial charge in [-0.05, 0) is 24.3 Å². The van der Waals surface area contributed by atoms with Gasteiger partial charge in [0.15, 0.2) is 11.5 Å².